The summed E-state index contributed by atoms with van der Waals surface area (Å²) >= 11 is 0. The monoisotopic (exact) mass is 351 g/mol. The second kappa shape index (κ2) is 12.0. The van der Waals surface area contributed by atoms with Crippen LogP contribution in [0.5, 0.6) is 0 Å². The predicted molar refractivity (Wildman–Crippen MR) is 34.0 cm³/mol. The molecule has 1 aliphatic heterocycles. The Morgan fingerprint density at radius 1 is 0.889 bits per heavy atom. The maximum absolute atomic E-state index is 3.28. The van der Waals surface area contributed by atoms with E-state index < -0.39 is 0 Å². The quantitative estimate of drug-likeness (QED) is 0.542. The molecule has 0 aromatic heterocycles. The summed E-state index contributed by atoms with van der Waals surface area (Å²) in [7, 11) is 0. The zero-order valence-corrected chi connectivity index (χ0v) is 8.98. The summed E-state index contributed by atoms with van der Waals surface area (Å²) in [6, 6.07) is 0. The van der Waals surface area contributed by atoms with E-state index in [0.29, 0.717) is 0 Å². The van der Waals surface area contributed by atoms with E-state index in [0.717, 1.165) is 0 Å². The molecule has 0 saturated carbocycles. The van der Waals surface area contributed by atoms with Crippen molar-refractivity contribution < 1.29 is 33.5 Å². The van der Waals surface area contributed by atoms with E-state index in [9.17, 15) is 0 Å². The Hall–Kier alpha value is 1.23. The Morgan fingerprint density at radius 2 is 1.33 bits per heavy atom. The number of halogens is 2. The van der Waals surface area contributed by atoms with Gasteiger partial charge in [-0.1, -0.05) is 6.42 Å². The summed E-state index contributed by atoms with van der Waals surface area (Å²) in [6.45, 7) is 2.50. The van der Waals surface area contributed by atoms with Gasteiger partial charge in [0.1, 0.15) is 0 Å². The van der Waals surface area contributed by atoms with Gasteiger partial charge in [0.2, 0.25) is 0 Å². The van der Waals surface area contributed by atoms with Crippen LogP contribution < -0.4 is 17.7 Å². The molecule has 1 aliphatic rings. The van der Waals surface area contributed by atoms with Crippen LogP contribution in [0.15, 0.2) is 0 Å². The molecule has 0 unspecified atom stereocenters. The van der Waals surface area contributed by atoms with Crippen LogP contribution in [0, 0.1) is 0 Å². The minimum Gasteiger partial charge on any atom is -1.00 e. The molecule has 1 rings (SSSR count). The van der Waals surface area contributed by atoms with E-state index >= 15 is 0 Å². The maximum Gasteiger partial charge on any atom is 4.00 e. The minimum absolute atomic E-state index is 0. The van der Waals surface area contributed by atoms with E-state index in [1.165, 1.54) is 32.4 Å². The fourth-order valence-electron chi connectivity index (χ4n) is 0.802. The van der Waals surface area contributed by atoms with Crippen molar-refractivity contribution in [3.63, 3.8) is 0 Å². The second-order valence-electron chi connectivity index (χ2n) is 1.81. The topological polar surface area (TPSA) is 12.0 Å². The third-order valence-corrected chi connectivity index (χ3v) is 1.21. The molecule has 0 aromatic carbocycles. The minimum atomic E-state index is 0. The summed E-state index contributed by atoms with van der Waals surface area (Å²) in [5.41, 5.74) is 0. The molecule has 1 nitrogen and oxygen atoms in total. The van der Waals surface area contributed by atoms with Crippen LogP contribution in [0.25, 0.3) is 0 Å². The van der Waals surface area contributed by atoms with Crippen LogP contribution >= 0.6 is 12.4 Å². The van der Waals surface area contributed by atoms with Gasteiger partial charge < -0.3 is 17.7 Å². The van der Waals surface area contributed by atoms with Crippen molar-refractivity contribution in [3.8, 4) is 0 Å². The van der Waals surface area contributed by atoms with Crippen LogP contribution in [0.2, 0.25) is 0 Å². The smallest absolute Gasteiger partial charge is 1.00 e. The Balaban J connectivity index is -0.000000120. The van der Waals surface area contributed by atoms with Gasteiger partial charge in [0.05, 0.1) is 0 Å². The van der Waals surface area contributed by atoms with E-state index in [2.05, 4.69) is 5.32 Å². The SMILES string of the molecule is C1CCNCC1.Cl.[Cl-].[Pt+4]. The largest absolute Gasteiger partial charge is 4.00 e. The van der Waals surface area contributed by atoms with Crippen LogP contribution in [0.1, 0.15) is 19.3 Å². The van der Waals surface area contributed by atoms with Crippen molar-refractivity contribution in [1.82, 2.24) is 5.32 Å². The van der Waals surface area contributed by atoms with Gasteiger partial charge in [-0.05, 0) is 25.9 Å². The first kappa shape index (κ1) is 16.7. The molecule has 9 heavy (non-hydrogen) atoms. The second-order valence-corrected chi connectivity index (χ2v) is 1.81. The Bertz CT molecular complexity index is 30.4. The zero-order valence-electron chi connectivity index (χ0n) is 5.14. The number of rotatable bonds is 0. The third kappa shape index (κ3) is 9.23. The van der Waals surface area contributed by atoms with Crippen molar-refractivity contribution >= 4 is 12.4 Å². The molecule has 4 heteroatoms. The molecule has 0 radical (unpaired) electrons. The first-order valence-electron chi connectivity index (χ1n) is 2.71. The molecular formula is C5H12Cl2NPt+3. The first-order chi connectivity index (χ1) is 3.00. The summed E-state index contributed by atoms with van der Waals surface area (Å²) in [4.78, 5) is 0. The molecule has 58 valence electrons. The van der Waals surface area contributed by atoms with Gasteiger partial charge in [-0.15, -0.1) is 12.4 Å². The standard InChI is InChI=1S/C5H11N.2ClH.Pt/c1-2-4-6-5-3-1;;;/h6H,1-5H2;2*1H;/q;;;+4/p-1. The van der Waals surface area contributed by atoms with Crippen molar-refractivity contribution in [1.29, 1.82) is 0 Å². The average molecular weight is 352 g/mol. The van der Waals surface area contributed by atoms with E-state index in [4.69, 9.17) is 0 Å². The van der Waals surface area contributed by atoms with Crippen molar-refractivity contribution in [2.45, 2.75) is 19.3 Å². The Morgan fingerprint density at radius 3 is 1.44 bits per heavy atom. The molecule has 0 aromatic rings. The Kier molecular flexibility index (Phi) is 22.2. The van der Waals surface area contributed by atoms with Crippen LogP contribution in [-0.2, 0) is 21.1 Å². The summed E-state index contributed by atoms with van der Waals surface area (Å²) in [5.74, 6) is 0. The first-order valence-corrected chi connectivity index (χ1v) is 2.71. The molecule has 0 amide bonds. The molecule has 0 aliphatic carbocycles. The predicted octanol–water partition coefficient (Wildman–Crippen LogP) is -1.82. The molecule has 0 atom stereocenters. The van der Waals surface area contributed by atoms with Crippen molar-refractivity contribution in [2.24, 2.45) is 0 Å². The molecule has 1 saturated heterocycles. The molecule has 0 bridgehead atoms. The zero-order chi connectivity index (χ0) is 4.24. The Labute approximate surface area is 83.4 Å². The van der Waals surface area contributed by atoms with Crippen LogP contribution in [0.4, 0.5) is 0 Å². The third-order valence-electron chi connectivity index (χ3n) is 1.21. The van der Waals surface area contributed by atoms with E-state index in [1.807, 2.05) is 0 Å². The fraction of sp³-hybridized carbons (Fsp3) is 1.00. The average Bonchev–Trinajstić information content (AvgIpc) is 1.72. The summed E-state index contributed by atoms with van der Waals surface area (Å²) in [5, 5.41) is 3.28. The van der Waals surface area contributed by atoms with Gasteiger partial charge in [0.15, 0.2) is 0 Å². The van der Waals surface area contributed by atoms with Gasteiger partial charge in [-0.25, -0.2) is 0 Å². The van der Waals surface area contributed by atoms with Gasteiger partial charge >= 0.3 is 21.1 Å². The number of nitrogens with one attached hydrogen (secondary N) is 1. The van der Waals surface area contributed by atoms with Gasteiger partial charge in [0, 0.05) is 0 Å². The number of hydrogen-bond donors (Lipinski definition) is 1. The van der Waals surface area contributed by atoms with Gasteiger partial charge in [-0.3, -0.25) is 0 Å². The summed E-state index contributed by atoms with van der Waals surface area (Å²) < 4.78 is 0. The molecule has 0 spiro atoms. The number of hydrogen-bond acceptors (Lipinski definition) is 1. The van der Waals surface area contributed by atoms with E-state index in [-0.39, 0.29) is 45.9 Å². The normalized spacial score (nSPS) is 16.0. The van der Waals surface area contributed by atoms with E-state index in [1.54, 1.807) is 0 Å². The molecule has 1 fully saturated rings. The van der Waals surface area contributed by atoms with Gasteiger partial charge in [0.25, 0.3) is 0 Å². The fourth-order valence-corrected chi connectivity index (χ4v) is 0.802. The molecular weight excluding hydrogens is 340 g/mol. The van der Waals surface area contributed by atoms with Crippen molar-refractivity contribution in [3.05, 3.63) is 0 Å². The van der Waals surface area contributed by atoms with Crippen molar-refractivity contribution in [2.75, 3.05) is 13.1 Å². The molecule has 1 heterocycles. The maximum atomic E-state index is 3.28. The molecule has 1 N–H and O–H groups in total. The number of piperidine rings is 1. The van der Waals surface area contributed by atoms with Crippen LogP contribution in [-0.4, -0.2) is 13.1 Å². The van der Waals surface area contributed by atoms with Crippen LogP contribution in [0.3, 0.4) is 0 Å². The van der Waals surface area contributed by atoms with Gasteiger partial charge in [-0.2, -0.15) is 0 Å². The summed E-state index contributed by atoms with van der Waals surface area (Å²) in [6.07, 6.45) is 4.22.